The van der Waals surface area contributed by atoms with Crippen LogP contribution in [0.15, 0.2) is 17.1 Å². The van der Waals surface area contributed by atoms with Gasteiger partial charge in [0.1, 0.15) is 17.4 Å². The Hall–Kier alpha value is -2.10. The molecule has 1 aromatic carbocycles. The van der Waals surface area contributed by atoms with Crippen LogP contribution in [0.4, 0.5) is 5.69 Å². The predicted molar refractivity (Wildman–Crippen MR) is 104 cm³/mol. The number of hydrogen-bond donors (Lipinski definition) is 0. The molecular formula is C18H21ClN4OS. The standard InChI is InChI=1S/C18H21ClN4OS/c1-6-23(5)10-21-15-8-14(19)16(7-12(15)4)24-18-13(9-20)17(11(2)3)22-25-18/h7-8,10-11H,6H2,1-5H3. The number of aromatic nitrogens is 1. The zero-order valence-corrected chi connectivity index (χ0v) is 16.6. The van der Waals surface area contributed by atoms with Crippen LogP contribution in [0.2, 0.25) is 5.02 Å². The number of hydrogen-bond acceptors (Lipinski definition) is 5. The highest BCUT2D eigenvalue weighted by Gasteiger charge is 2.19. The highest BCUT2D eigenvalue weighted by Crippen LogP contribution is 2.39. The molecule has 0 saturated carbocycles. The van der Waals surface area contributed by atoms with Crippen molar-refractivity contribution in [3.63, 3.8) is 0 Å². The number of aliphatic imine (C=N–C) groups is 1. The Balaban J connectivity index is 2.32. The van der Waals surface area contributed by atoms with E-state index in [9.17, 15) is 5.26 Å². The van der Waals surface area contributed by atoms with E-state index in [1.807, 2.05) is 38.8 Å². The number of nitriles is 1. The third-order valence-electron chi connectivity index (χ3n) is 3.69. The molecule has 7 heteroatoms. The van der Waals surface area contributed by atoms with E-state index in [4.69, 9.17) is 16.3 Å². The maximum Gasteiger partial charge on any atom is 0.218 e. The van der Waals surface area contributed by atoms with E-state index >= 15 is 0 Å². The fraction of sp³-hybridized carbons (Fsp3) is 0.389. The molecule has 0 spiro atoms. The van der Waals surface area contributed by atoms with E-state index in [-0.39, 0.29) is 5.92 Å². The Bertz CT molecular complexity index is 823. The summed E-state index contributed by atoms with van der Waals surface area (Å²) in [6.07, 6.45) is 1.77. The van der Waals surface area contributed by atoms with Crippen molar-refractivity contribution in [3.05, 3.63) is 34.0 Å². The first kappa shape index (κ1) is 19.2. The summed E-state index contributed by atoms with van der Waals surface area (Å²) in [5.74, 6) is 0.658. The fourth-order valence-electron chi connectivity index (χ4n) is 2.06. The quantitative estimate of drug-likeness (QED) is 0.493. The zero-order valence-electron chi connectivity index (χ0n) is 15.0. The Morgan fingerprint density at radius 3 is 2.80 bits per heavy atom. The molecule has 0 bridgehead atoms. The summed E-state index contributed by atoms with van der Waals surface area (Å²) in [6.45, 7) is 8.86. The maximum absolute atomic E-state index is 9.41. The van der Waals surface area contributed by atoms with Crippen LogP contribution >= 0.6 is 23.1 Å². The second kappa shape index (κ2) is 8.32. The zero-order chi connectivity index (χ0) is 18.6. The van der Waals surface area contributed by atoms with Gasteiger partial charge < -0.3 is 9.64 Å². The molecular weight excluding hydrogens is 356 g/mol. The smallest absolute Gasteiger partial charge is 0.218 e. The first-order valence-electron chi connectivity index (χ1n) is 7.99. The number of benzene rings is 1. The molecule has 0 N–H and O–H groups in total. The van der Waals surface area contributed by atoms with Gasteiger partial charge in [0.15, 0.2) is 0 Å². The van der Waals surface area contributed by atoms with Gasteiger partial charge in [0, 0.05) is 25.1 Å². The van der Waals surface area contributed by atoms with Crippen molar-refractivity contribution in [1.82, 2.24) is 9.27 Å². The van der Waals surface area contributed by atoms with Gasteiger partial charge in [0.05, 0.1) is 22.7 Å². The molecule has 0 fully saturated rings. The highest BCUT2D eigenvalue weighted by molar-refractivity contribution is 7.08. The van der Waals surface area contributed by atoms with Gasteiger partial charge in [-0.05, 0) is 37.5 Å². The van der Waals surface area contributed by atoms with Crippen LogP contribution in [0.1, 0.15) is 43.5 Å². The molecule has 1 heterocycles. The van der Waals surface area contributed by atoms with E-state index in [0.29, 0.717) is 21.4 Å². The van der Waals surface area contributed by atoms with E-state index in [1.54, 1.807) is 12.4 Å². The summed E-state index contributed by atoms with van der Waals surface area (Å²) in [4.78, 5) is 6.42. The molecule has 5 nitrogen and oxygen atoms in total. The van der Waals surface area contributed by atoms with Crippen LogP contribution in [0.3, 0.4) is 0 Å². The fourth-order valence-corrected chi connectivity index (χ4v) is 3.11. The summed E-state index contributed by atoms with van der Waals surface area (Å²) in [5.41, 5.74) is 2.94. The first-order chi connectivity index (χ1) is 11.9. The lowest BCUT2D eigenvalue weighted by atomic mass is 10.1. The van der Waals surface area contributed by atoms with Crippen molar-refractivity contribution in [2.24, 2.45) is 4.99 Å². The molecule has 0 radical (unpaired) electrons. The topological polar surface area (TPSA) is 61.5 Å². The number of aryl methyl sites for hydroxylation is 1. The molecule has 2 rings (SSSR count). The second-order valence-corrected chi connectivity index (χ2v) is 7.13. The van der Waals surface area contributed by atoms with Gasteiger partial charge in [-0.25, -0.2) is 4.99 Å². The van der Waals surface area contributed by atoms with Gasteiger partial charge in [0.2, 0.25) is 5.06 Å². The monoisotopic (exact) mass is 376 g/mol. The Kier molecular flexibility index (Phi) is 6.40. The van der Waals surface area contributed by atoms with Crippen LogP contribution < -0.4 is 4.74 Å². The largest absolute Gasteiger partial charge is 0.442 e. The van der Waals surface area contributed by atoms with E-state index in [1.165, 1.54) is 11.5 Å². The lowest BCUT2D eigenvalue weighted by Crippen LogP contribution is -2.14. The molecule has 0 aliphatic rings. The lowest BCUT2D eigenvalue weighted by Gasteiger charge is -2.11. The lowest BCUT2D eigenvalue weighted by molar-refractivity contribution is 0.494. The molecule has 1 aromatic heterocycles. The SMILES string of the molecule is CCN(C)C=Nc1cc(Cl)c(Oc2snc(C(C)C)c2C#N)cc1C. The van der Waals surface area contributed by atoms with Gasteiger partial charge in [0.25, 0.3) is 0 Å². The number of ether oxygens (including phenoxy) is 1. The Labute approximate surface area is 157 Å². The van der Waals surface area contributed by atoms with E-state index in [0.717, 1.165) is 23.5 Å². The minimum atomic E-state index is 0.160. The average Bonchev–Trinajstić information content (AvgIpc) is 2.99. The highest BCUT2D eigenvalue weighted by atomic mass is 35.5. The van der Waals surface area contributed by atoms with Crippen LogP contribution in [0.25, 0.3) is 0 Å². The summed E-state index contributed by atoms with van der Waals surface area (Å²) in [5, 5.41) is 10.3. The summed E-state index contributed by atoms with van der Waals surface area (Å²) in [6, 6.07) is 5.78. The van der Waals surface area contributed by atoms with Crippen molar-refractivity contribution in [3.8, 4) is 16.9 Å². The van der Waals surface area contributed by atoms with Crippen molar-refractivity contribution < 1.29 is 4.74 Å². The molecule has 0 saturated heterocycles. The van der Waals surface area contributed by atoms with Crippen molar-refractivity contribution in [2.45, 2.75) is 33.6 Å². The van der Waals surface area contributed by atoms with Crippen molar-refractivity contribution in [1.29, 1.82) is 5.26 Å². The van der Waals surface area contributed by atoms with Crippen molar-refractivity contribution in [2.75, 3.05) is 13.6 Å². The van der Waals surface area contributed by atoms with Gasteiger partial charge in [-0.15, -0.1) is 0 Å². The number of nitrogens with zero attached hydrogens (tertiary/aromatic N) is 4. The van der Waals surface area contributed by atoms with Gasteiger partial charge in [-0.2, -0.15) is 9.64 Å². The summed E-state index contributed by atoms with van der Waals surface area (Å²) in [7, 11) is 1.96. The van der Waals surface area contributed by atoms with E-state index < -0.39 is 0 Å². The molecule has 132 valence electrons. The third kappa shape index (κ3) is 4.50. The first-order valence-corrected chi connectivity index (χ1v) is 9.14. The molecule has 0 aliphatic carbocycles. The minimum Gasteiger partial charge on any atom is -0.442 e. The van der Waals surface area contributed by atoms with Gasteiger partial charge in [-0.1, -0.05) is 25.4 Å². The Morgan fingerprint density at radius 2 is 2.20 bits per heavy atom. The van der Waals surface area contributed by atoms with Crippen LogP contribution in [-0.2, 0) is 0 Å². The summed E-state index contributed by atoms with van der Waals surface area (Å²) >= 11 is 7.52. The average molecular weight is 377 g/mol. The predicted octanol–water partition coefficient (Wildman–Crippen LogP) is 5.50. The number of halogens is 1. The molecule has 25 heavy (non-hydrogen) atoms. The summed E-state index contributed by atoms with van der Waals surface area (Å²) < 4.78 is 10.2. The molecule has 0 atom stereocenters. The van der Waals surface area contributed by atoms with Crippen LogP contribution in [0.5, 0.6) is 10.8 Å². The maximum atomic E-state index is 9.41. The van der Waals surface area contributed by atoms with Gasteiger partial charge in [-0.3, -0.25) is 0 Å². The number of rotatable bonds is 6. The van der Waals surface area contributed by atoms with Crippen LogP contribution in [-0.4, -0.2) is 29.2 Å². The Morgan fingerprint density at radius 1 is 1.48 bits per heavy atom. The minimum absolute atomic E-state index is 0.160. The van der Waals surface area contributed by atoms with Crippen molar-refractivity contribution >= 4 is 35.2 Å². The molecule has 0 aliphatic heterocycles. The normalized spacial score (nSPS) is 11.1. The second-order valence-electron chi connectivity index (χ2n) is 5.99. The molecule has 0 unspecified atom stereocenters. The van der Waals surface area contributed by atoms with Gasteiger partial charge >= 0.3 is 0 Å². The van der Waals surface area contributed by atoms with Crippen LogP contribution in [0, 0.1) is 18.3 Å². The molecule has 2 aromatic rings. The van der Waals surface area contributed by atoms with E-state index in [2.05, 4.69) is 22.4 Å². The third-order valence-corrected chi connectivity index (χ3v) is 4.73. The molecule has 0 amide bonds.